The van der Waals surface area contributed by atoms with Crippen molar-refractivity contribution in [3.8, 4) is 0 Å². The van der Waals surface area contributed by atoms with E-state index < -0.39 is 31.2 Å². The Balaban J connectivity index is 1.67. The summed E-state index contributed by atoms with van der Waals surface area (Å²) in [5.41, 5.74) is 6.70. The molecule has 1 saturated heterocycles. The molecule has 1 aliphatic heterocycles. The second kappa shape index (κ2) is 6.93. The van der Waals surface area contributed by atoms with Crippen molar-refractivity contribution in [2.24, 2.45) is 0 Å². The number of nitrogens with zero attached hydrogens (tertiary/aromatic N) is 4. The molecule has 0 spiro atoms. The van der Waals surface area contributed by atoms with E-state index in [1.54, 1.807) is 10.9 Å². The largest absolute Gasteiger partial charge is 0.394 e. The summed E-state index contributed by atoms with van der Waals surface area (Å²) >= 11 is 0. The molecule has 0 saturated carbocycles. The lowest BCUT2D eigenvalue weighted by atomic mass is 10.1. The van der Waals surface area contributed by atoms with Crippen LogP contribution in [0.3, 0.4) is 0 Å². The van der Waals surface area contributed by atoms with Crippen LogP contribution in [0.1, 0.15) is 6.04 Å². The normalized spacial score (nSPS) is 25.5. The zero-order valence-corrected chi connectivity index (χ0v) is 12.6. The number of fused-ring (bicyclic) bond motifs is 1. The van der Waals surface area contributed by atoms with E-state index in [0.717, 1.165) is 0 Å². The van der Waals surface area contributed by atoms with Gasteiger partial charge in [0.15, 0.2) is 11.9 Å². The molecule has 11 heteroatoms. The van der Waals surface area contributed by atoms with Crippen molar-refractivity contribution in [1.29, 1.82) is 0 Å². The summed E-state index contributed by atoms with van der Waals surface area (Å²) < 4.78 is 12.6. The minimum absolute atomic E-state index is 0.122. The number of hydrogen-bond acceptors (Lipinski definition) is 10. The van der Waals surface area contributed by atoms with Crippen LogP contribution < -0.4 is 5.73 Å². The van der Waals surface area contributed by atoms with Gasteiger partial charge in [-0.15, -0.1) is 0 Å². The molecular weight excluding hydrogens is 322 g/mol. The third-order valence-corrected chi connectivity index (χ3v) is 3.84. The number of nitrogens with two attached hydrogens (primary N) is 1. The van der Waals surface area contributed by atoms with Gasteiger partial charge in [-0.2, -0.15) is 4.98 Å². The van der Waals surface area contributed by atoms with Crippen LogP contribution in [0, 0.1) is 0 Å². The highest BCUT2D eigenvalue weighted by molar-refractivity contribution is 5.70. The van der Waals surface area contributed by atoms with Crippen molar-refractivity contribution >= 4 is 17.1 Å². The van der Waals surface area contributed by atoms with Crippen molar-refractivity contribution < 1.29 is 29.9 Å². The van der Waals surface area contributed by atoms with Gasteiger partial charge in [0.1, 0.15) is 23.8 Å². The summed E-state index contributed by atoms with van der Waals surface area (Å²) in [6.07, 6.45) is -2.60. The summed E-state index contributed by atoms with van der Waals surface area (Å²) in [6.45, 7) is -0.353. The molecule has 2 aromatic rings. The van der Waals surface area contributed by atoms with E-state index in [2.05, 4.69) is 15.0 Å². The molecule has 3 rings (SSSR count). The Morgan fingerprint density at radius 3 is 2.62 bits per heavy atom. The van der Waals surface area contributed by atoms with Gasteiger partial charge in [-0.25, -0.2) is 9.97 Å². The number of aliphatic hydroxyl groups excluding tert-OH is 4. The molecule has 132 valence electrons. The number of rotatable bonds is 5. The van der Waals surface area contributed by atoms with Crippen LogP contribution in [-0.4, -0.2) is 84.4 Å². The molecule has 0 aliphatic carbocycles. The second-order valence-corrected chi connectivity index (χ2v) is 5.51. The maximum atomic E-state index is 9.94. The van der Waals surface area contributed by atoms with Crippen molar-refractivity contribution in [1.82, 2.24) is 19.5 Å². The summed E-state index contributed by atoms with van der Waals surface area (Å²) in [4.78, 5) is 12.2. The van der Waals surface area contributed by atoms with Gasteiger partial charge in [0.05, 0.1) is 38.4 Å². The summed E-state index contributed by atoms with van der Waals surface area (Å²) in [5.74, 6) is 0.122. The monoisotopic (exact) mass is 341 g/mol. The number of hydrogen-bond donors (Lipinski definition) is 5. The maximum Gasteiger partial charge on any atom is 0.222 e. The molecule has 3 heterocycles. The molecule has 0 radical (unpaired) electrons. The Morgan fingerprint density at radius 2 is 1.96 bits per heavy atom. The SMILES string of the molecule is Nc1ncc2ncn(C3COC([C@H](O)[C@H](O)[C@H](O)CO)OC3)c2n1. The first-order chi connectivity index (χ1) is 11.5. The third kappa shape index (κ3) is 3.17. The molecule has 2 aromatic heterocycles. The van der Waals surface area contributed by atoms with Crippen LogP contribution in [0.2, 0.25) is 0 Å². The van der Waals surface area contributed by atoms with Gasteiger partial charge >= 0.3 is 0 Å². The molecule has 3 atom stereocenters. The molecule has 1 aliphatic rings. The number of aliphatic hydroxyl groups is 4. The average molecular weight is 341 g/mol. The minimum atomic E-state index is -1.59. The molecule has 11 nitrogen and oxygen atoms in total. The van der Waals surface area contributed by atoms with Gasteiger partial charge in [0, 0.05) is 0 Å². The molecule has 24 heavy (non-hydrogen) atoms. The predicted octanol–water partition coefficient (Wildman–Crippen LogP) is -2.60. The van der Waals surface area contributed by atoms with E-state index in [9.17, 15) is 15.3 Å². The number of aromatic nitrogens is 4. The molecule has 1 fully saturated rings. The smallest absolute Gasteiger partial charge is 0.222 e. The fraction of sp³-hybridized carbons (Fsp3) is 0.615. The summed E-state index contributed by atoms with van der Waals surface area (Å²) in [7, 11) is 0. The second-order valence-electron chi connectivity index (χ2n) is 5.51. The average Bonchev–Trinajstić information content (AvgIpc) is 3.02. The van der Waals surface area contributed by atoms with Gasteiger partial charge in [0.2, 0.25) is 5.95 Å². The van der Waals surface area contributed by atoms with Gasteiger partial charge in [-0.1, -0.05) is 0 Å². The van der Waals surface area contributed by atoms with Crippen molar-refractivity contribution in [2.75, 3.05) is 25.6 Å². The fourth-order valence-corrected chi connectivity index (χ4v) is 2.47. The van der Waals surface area contributed by atoms with E-state index in [-0.39, 0.29) is 25.2 Å². The van der Waals surface area contributed by atoms with Gasteiger partial charge < -0.3 is 40.2 Å². The Bertz CT molecular complexity index is 689. The molecule has 0 amide bonds. The van der Waals surface area contributed by atoms with Crippen LogP contribution >= 0.6 is 0 Å². The molecule has 0 bridgehead atoms. The Labute approximate surface area is 136 Å². The zero-order valence-electron chi connectivity index (χ0n) is 12.6. The van der Waals surface area contributed by atoms with Crippen LogP contribution in [-0.2, 0) is 9.47 Å². The third-order valence-electron chi connectivity index (χ3n) is 3.84. The lowest BCUT2D eigenvalue weighted by Crippen LogP contribution is -2.50. The fourth-order valence-electron chi connectivity index (χ4n) is 2.47. The molecular formula is C13H19N5O6. The van der Waals surface area contributed by atoms with E-state index in [1.165, 1.54) is 6.20 Å². The highest BCUT2D eigenvalue weighted by Crippen LogP contribution is 2.23. The number of imidazole rings is 1. The molecule has 6 N–H and O–H groups in total. The summed E-state index contributed by atoms with van der Waals surface area (Å²) in [6, 6.07) is -0.257. The van der Waals surface area contributed by atoms with Crippen molar-refractivity contribution in [3.63, 3.8) is 0 Å². The van der Waals surface area contributed by atoms with E-state index in [1.807, 2.05) is 0 Å². The van der Waals surface area contributed by atoms with Crippen LogP contribution in [0.5, 0.6) is 0 Å². The summed E-state index contributed by atoms with van der Waals surface area (Å²) in [5, 5.41) is 37.8. The first kappa shape index (κ1) is 17.0. The van der Waals surface area contributed by atoms with E-state index in [0.29, 0.717) is 11.2 Å². The van der Waals surface area contributed by atoms with Crippen LogP contribution in [0.25, 0.3) is 11.2 Å². The zero-order chi connectivity index (χ0) is 17.3. The highest BCUT2D eigenvalue weighted by atomic mass is 16.7. The van der Waals surface area contributed by atoms with E-state index in [4.69, 9.17) is 20.3 Å². The predicted molar refractivity (Wildman–Crippen MR) is 79.6 cm³/mol. The Morgan fingerprint density at radius 1 is 1.25 bits per heavy atom. The number of ether oxygens (including phenoxy) is 2. The topological polar surface area (TPSA) is 169 Å². The lowest BCUT2D eigenvalue weighted by molar-refractivity contribution is -0.259. The standard InChI is InChI=1S/C13H19N5O6/c14-13-15-1-7-11(17-13)18(5-16-7)6-3-23-12(24-4-6)10(22)9(21)8(20)2-19/h1,5-6,8-10,12,19-22H,2-4H2,(H2,14,15,17)/t6?,8-,9-,10-,12?/m1/s1. The highest BCUT2D eigenvalue weighted by Gasteiger charge is 2.36. The Hall–Kier alpha value is -1.89. The van der Waals surface area contributed by atoms with E-state index >= 15 is 0 Å². The van der Waals surface area contributed by atoms with Crippen molar-refractivity contribution in [3.05, 3.63) is 12.5 Å². The first-order valence-corrected chi connectivity index (χ1v) is 7.34. The first-order valence-electron chi connectivity index (χ1n) is 7.34. The lowest BCUT2D eigenvalue weighted by Gasteiger charge is -2.34. The van der Waals surface area contributed by atoms with Gasteiger partial charge in [-0.05, 0) is 0 Å². The van der Waals surface area contributed by atoms with Crippen LogP contribution in [0.15, 0.2) is 12.5 Å². The number of anilines is 1. The molecule has 0 aromatic carbocycles. The minimum Gasteiger partial charge on any atom is -0.394 e. The van der Waals surface area contributed by atoms with Gasteiger partial charge in [0.25, 0.3) is 0 Å². The number of nitrogen functional groups attached to an aromatic ring is 1. The molecule has 0 unspecified atom stereocenters. The Kier molecular flexibility index (Phi) is 4.89. The maximum absolute atomic E-state index is 9.94. The van der Waals surface area contributed by atoms with Gasteiger partial charge in [-0.3, -0.25) is 0 Å². The van der Waals surface area contributed by atoms with Crippen LogP contribution in [0.4, 0.5) is 5.95 Å². The van der Waals surface area contributed by atoms with Crippen molar-refractivity contribution in [2.45, 2.75) is 30.6 Å². The quantitative estimate of drug-likeness (QED) is 0.388.